The van der Waals surface area contributed by atoms with Crippen molar-refractivity contribution in [3.8, 4) is 0 Å². The lowest BCUT2D eigenvalue weighted by Crippen LogP contribution is -2.56. The van der Waals surface area contributed by atoms with Crippen molar-refractivity contribution >= 4 is 12.0 Å². The highest BCUT2D eigenvalue weighted by atomic mass is 16.5. The summed E-state index contributed by atoms with van der Waals surface area (Å²) in [5.74, 6) is -0.318. The molecule has 0 spiro atoms. The van der Waals surface area contributed by atoms with Crippen LogP contribution in [0.3, 0.4) is 0 Å². The number of nitrogens with zero attached hydrogens (tertiary/aromatic N) is 2. The smallest absolute Gasteiger partial charge is 0.329 e. The van der Waals surface area contributed by atoms with Gasteiger partial charge in [0.25, 0.3) is 0 Å². The van der Waals surface area contributed by atoms with Crippen molar-refractivity contribution in [1.82, 2.24) is 20.8 Å². The van der Waals surface area contributed by atoms with E-state index in [2.05, 4.69) is 20.8 Å². The van der Waals surface area contributed by atoms with E-state index >= 15 is 0 Å². The summed E-state index contributed by atoms with van der Waals surface area (Å²) in [7, 11) is 0. The molecule has 0 saturated carbocycles. The van der Waals surface area contributed by atoms with Crippen LogP contribution in [0.2, 0.25) is 0 Å². The lowest BCUT2D eigenvalue weighted by molar-refractivity contribution is -0.144. The largest absolute Gasteiger partial charge is 0.480 e. The highest BCUT2D eigenvalue weighted by Crippen LogP contribution is 2.15. The van der Waals surface area contributed by atoms with Crippen LogP contribution in [0.4, 0.5) is 4.79 Å². The lowest BCUT2D eigenvalue weighted by atomic mass is 9.93. The number of urea groups is 1. The van der Waals surface area contributed by atoms with Gasteiger partial charge in [0, 0.05) is 0 Å². The summed E-state index contributed by atoms with van der Waals surface area (Å²) in [6, 6.07) is -0.582. The molecule has 8 heteroatoms. The summed E-state index contributed by atoms with van der Waals surface area (Å²) in [6.45, 7) is 5.13. The molecule has 1 aromatic rings. The molecule has 0 aliphatic carbocycles. The molecule has 1 aromatic heterocycles. The number of carboxylic acid groups (broad SMARTS) is 1. The molecule has 3 N–H and O–H groups in total. The summed E-state index contributed by atoms with van der Waals surface area (Å²) in [5.41, 5.74) is -1.26. The van der Waals surface area contributed by atoms with E-state index in [0.717, 1.165) is 0 Å². The molecule has 8 nitrogen and oxygen atoms in total. The molecule has 1 rings (SSSR count). The third-order valence-electron chi connectivity index (χ3n) is 2.94. The average molecular weight is 270 g/mol. The molecule has 0 saturated heterocycles. The number of aromatic nitrogens is 2. The minimum Gasteiger partial charge on any atom is -0.480 e. The summed E-state index contributed by atoms with van der Waals surface area (Å²) >= 11 is 0. The average Bonchev–Trinajstić information content (AvgIpc) is 2.79. The minimum absolute atomic E-state index is 0.0514. The van der Waals surface area contributed by atoms with Gasteiger partial charge in [0.2, 0.25) is 5.89 Å². The predicted octanol–water partition coefficient (Wildman–Crippen LogP) is 0.821. The zero-order valence-electron chi connectivity index (χ0n) is 11.2. The molecule has 0 unspecified atom stereocenters. The van der Waals surface area contributed by atoms with Gasteiger partial charge in [-0.2, -0.15) is 4.98 Å². The molecule has 0 fully saturated rings. The normalized spacial score (nSPS) is 11.1. The van der Waals surface area contributed by atoms with Crippen LogP contribution in [0, 0.1) is 6.92 Å². The zero-order chi connectivity index (χ0) is 14.5. The number of rotatable bonds is 6. The molecule has 0 atom stereocenters. The first-order valence-corrected chi connectivity index (χ1v) is 6.02. The molecule has 19 heavy (non-hydrogen) atoms. The molecule has 0 aliphatic heterocycles. The molecule has 0 bridgehead atoms. The second-order valence-electron chi connectivity index (χ2n) is 4.14. The second kappa shape index (κ2) is 6.17. The van der Waals surface area contributed by atoms with Crippen LogP contribution in [-0.4, -0.2) is 32.8 Å². The van der Waals surface area contributed by atoms with Crippen molar-refractivity contribution in [2.24, 2.45) is 0 Å². The number of nitrogens with one attached hydrogen (secondary N) is 2. The molecule has 0 aromatic carbocycles. The minimum atomic E-state index is -1.26. The Kier molecular flexibility index (Phi) is 4.85. The first kappa shape index (κ1) is 14.9. The number of aryl methyl sites for hydroxylation is 1. The Bertz CT molecular complexity index is 453. The third kappa shape index (κ3) is 3.67. The van der Waals surface area contributed by atoms with Crippen LogP contribution in [0.15, 0.2) is 4.52 Å². The van der Waals surface area contributed by atoms with Gasteiger partial charge in [-0.25, -0.2) is 9.59 Å². The molecule has 1 heterocycles. The van der Waals surface area contributed by atoms with Crippen molar-refractivity contribution in [3.05, 3.63) is 11.7 Å². The summed E-state index contributed by atoms with van der Waals surface area (Å²) in [4.78, 5) is 26.8. The first-order valence-electron chi connectivity index (χ1n) is 6.02. The van der Waals surface area contributed by atoms with Gasteiger partial charge < -0.3 is 20.3 Å². The van der Waals surface area contributed by atoms with E-state index in [4.69, 9.17) is 4.52 Å². The number of carboxylic acids is 1. The standard InChI is InChI=1S/C11H18N4O4/c1-4-11(5-2,9(16)17)14-10(18)12-6-8-13-7(3)15-19-8/h4-6H2,1-3H3,(H,16,17)(H2,12,14,18). The molecule has 2 amide bonds. The quantitative estimate of drug-likeness (QED) is 0.704. The van der Waals surface area contributed by atoms with E-state index in [-0.39, 0.29) is 12.4 Å². The molecule has 0 aliphatic rings. The van der Waals surface area contributed by atoms with Crippen LogP contribution < -0.4 is 10.6 Å². The monoisotopic (exact) mass is 270 g/mol. The van der Waals surface area contributed by atoms with Gasteiger partial charge >= 0.3 is 12.0 Å². The van der Waals surface area contributed by atoms with Gasteiger partial charge in [0.15, 0.2) is 5.82 Å². The van der Waals surface area contributed by atoms with E-state index < -0.39 is 17.5 Å². The Hall–Kier alpha value is -2.12. The van der Waals surface area contributed by atoms with Gasteiger partial charge in [0.1, 0.15) is 5.54 Å². The van der Waals surface area contributed by atoms with Crippen molar-refractivity contribution in [1.29, 1.82) is 0 Å². The second-order valence-corrected chi connectivity index (χ2v) is 4.14. The predicted molar refractivity (Wildman–Crippen MR) is 65.4 cm³/mol. The van der Waals surface area contributed by atoms with Gasteiger partial charge in [-0.15, -0.1) is 0 Å². The highest BCUT2D eigenvalue weighted by molar-refractivity contribution is 5.86. The van der Waals surface area contributed by atoms with Crippen LogP contribution in [0.25, 0.3) is 0 Å². The Balaban J connectivity index is 2.56. The van der Waals surface area contributed by atoms with Crippen molar-refractivity contribution in [2.75, 3.05) is 0 Å². The summed E-state index contributed by atoms with van der Waals surface area (Å²) < 4.78 is 4.82. The van der Waals surface area contributed by atoms with E-state index in [0.29, 0.717) is 18.7 Å². The van der Waals surface area contributed by atoms with Crippen LogP contribution in [-0.2, 0) is 11.3 Å². The maximum absolute atomic E-state index is 11.7. The molecular weight excluding hydrogens is 252 g/mol. The van der Waals surface area contributed by atoms with Gasteiger partial charge in [-0.1, -0.05) is 19.0 Å². The Morgan fingerprint density at radius 1 is 1.37 bits per heavy atom. The number of aliphatic carboxylic acids is 1. The summed E-state index contributed by atoms with van der Waals surface area (Å²) in [6.07, 6.45) is 0.595. The van der Waals surface area contributed by atoms with Gasteiger partial charge in [-0.05, 0) is 19.8 Å². The van der Waals surface area contributed by atoms with Crippen molar-refractivity contribution in [3.63, 3.8) is 0 Å². The Labute approximate surface area is 110 Å². The fourth-order valence-corrected chi connectivity index (χ4v) is 1.61. The Morgan fingerprint density at radius 2 is 2.00 bits per heavy atom. The summed E-state index contributed by atoms with van der Waals surface area (Å²) in [5, 5.41) is 17.7. The van der Waals surface area contributed by atoms with Crippen LogP contribution in [0.5, 0.6) is 0 Å². The van der Waals surface area contributed by atoms with Crippen LogP contribution >= 0.6 is 0 Å². The van der Waals surface area contributed by atoms with E-state index in [9.17, 15) is 14.7 Å². The van der Waals surface area contributed by atoms with E-state index in [1.165, 1.54) is 0 Å². The highest BCUT2D eigenvalue weighted by Gasteiger charge is 2.36. The number of carbonyl (C=O) groups is 2. The van der Waals surface area contributed by atoms with Crippen molar-refractivity contribution in [2.45, 2.75) is 45.7 Å². The number of amides is 2. The SMILES string of the molecule is CCC(CC)(NC(=O)NCc1nc(C)no1)C(=O)O. The van der Waals surface area contributed by atoms with Gasteiger partial charge in [-0.3, -0.25) is 0 Å². The molecule has 106 valence electrons. The topological polar surface area (TPSA) is 117 Å². The first-order chi connectivity index (χ1) is 8.93. The number of carbonyl (C=O) groups excluding carboxylic acids is 1. The fourth-order valence-electron chi connectivity index (χ4n) is 1.61. The molecule has 0 radical (unpaired) electrons. The van der Waals surface area contributed by atoms with Crippen molar-refractivity contribution < 1.29 is 19.2 Å². The third-order valence-corrected chi connectivity index (χ3v) is 2.94. The zero-order valence-corrected chi connectivity index (χ0v) is 11.2. The maximum atomic E-state index is 11.7. The van der Waals surface area contributed by atoms with Gasteiger partial charge in [0.05, 0.1) is 6.54 Å². The number of hydrogen-bond donors (Lipinski definition) is 3. The van der Waals surface area contributed by atoms with E-state index in [1.807, 2.05) is 0 Å². The molecular formula is C11H18N4O4. The lowest BCUT2D eigenvalue weighted by Gasteiger charge is -2.27. The van der Waals surface area contributed by atoms with Crippen LogP contribution in [0.1, 0.15) is 38.4 Å². The fraction of sp³-hybridized carbons (Fsp3) is 0.636. The van der Waals surface area contributed by atoms with E-state index in [1.54, 1.807) is 20.8 Å². The Morgan fingerprint density at radius 3 is 2.42 bits per heavy atom. The number of hydrogen-bond acceptors (Lipinski definition) is 5. The maximum Gasteiger partial charge on any atom is 0.329 e.